The number of nitrogens with zero attached hydrogens (tertiary/aromatic N) is 1. The first-order valence-electron chi connectivity index (χ1n) is 13.6. The molecule has 1 aliphatic rings. The Bertz CT molecular complexity index is 1490. The van der Waals surface area contributed by atoms with Gasteiger partial charge >= 0.3 is 0 Å². The number of likely N-dealkylation sites (N-methyl/N-ethyl adjacent to an activating group) is 1. The summed E-state index contributed by atoms with van der Waals surface area (Å²) >= 11 is 0. The van der Waals surface area contributed by atoms with E-state index in [1.807, 2.05) is 33.0 Å². The second-order valence-corrected chi connectivity index (χ2v) is 14.0. The summed E-state index contributed by atoms with van der Waals surface area (Å²) in [6, 6.07) is 5.92. The molecule has 0 amide bonds. The molecule has 2 aromatic carbocycles. The Labute approximate surface area is 214 Å². The average Bonchev–Trinajstić information content (AvgIpc) is 3.36. The number of aromatic nitrogens is 1. The molecule has 0 radical (unpaired) electrons. The lowest BCUT2D eigenvalue weighted by atomic mass is 9.57. The first kappa shape index (κ1) is 23.3. The van der Waals surface area contributed by atoms with Crippen LogP contribution in [0, 0.1) is 26.2 Å². The third kappa shape index (κ3) is 4.05. The van der Waals surface area contributed by atoms with E-state index >= 15 is 0 Å². The van der Waals surface area contributed by atoms with Gasteiger partial charge in [0.25, 0.3) is 0 Å². The highest BCUT2D eigenvalue weighted by atomic mass is 32.2. The third-order valence-electron chi connectivity index (χ3n) is 9.42. The highest BCUT2D eigenvalue weighted by Gasteiger charge is 2.58. The number of fused-ring (bicyclic) bond motifs is 1. The molecule has 0 bridgehead atoms. The van der Waals surface area contributed by atoms with Crippen molar-refractivity contribution in [1.82, 2.24) is 9.88 Å². The average molecular weight is 497 g/mol. The molecular formula is C30H42N2O2S. The van der Waals surface area contributed by atoms with E-state index in [2.05, 4.69) is 51.6 Å². The van der Waals surface area contributed by atoms with Gasteiger partial charge in [-0.05, 0) is 112 Å². The van der Waals surface area contributed by atoms with Gasteiger partial charge in [-0.15, -0.1) is 0 Å². The molecule has 2 heterocycles. The molecule has 1 aromatic heterocycles. The monoisotopic (exact) mass is 496 g/mol. The zero-order valence-electron chi connectivity index (χ0n) is 24.8. The van der Waals surface area contributed by atoms with Gasteiger partial charge in [0.15, 0.2) is 9.84 Å². The van der Waals surface area contributed by atoms with Gasteiger partial charge in [0.2, 0.25) is 0 Å². The van der Waals surface area contributed by atoms with Gasteiger partial charge in [0, 0.05) is 28.1 Å². The van der Waals surface area contributed by atoms with Crippen LogP contribution >= 0.6 is 0 Å². The van der Waals surface area contributed by atoms with Crippen molar-refractivity contribution in [2.45, 2.75) is 84.1 Å². The van der Waals surface area contributed by atoms with Crippen LogP contribution in [-0.4, -0.2) is 43.2 Å². The number of aryl methyl sites for hydroxylation is 2. The van der Waals surface area contributed by atoms with E-state index in [1.54, 1.807) is 12.1 Å². The Balaban J connectivity index is 1.81. The molecule has 0 aliphatic carbocycles. The molecule has 0 unspecified atom stereocenters. The number of likely N-dealkylation sites (tertiary alicyclic amines) is 1. The van der Waals surface area contributed by atoms with E-state index in [-0.39, 0.29) is 28.5 Å². The van der Waals surface area contributed by atoms with Gasteiger partial charge in [0.05, 0.1) is 13.4 Å². The molecule has 0 spiro atoms. The number of hydrogen-bond acceptors (Lipinski definition) is 3. The quantitative estimate of drug-likeness (QED) is 0.423. The second-order valence-electron chi connectivity index (χ2n) is 11.9. The van der Waals surface area contributed by atoms with E-state index < -0.39 is 9.84 Å². The summed E-state index contributed by atoms with van der Waals surface area (Å²) in [5.74, 6) is -0.0935. The van der Waals surface area contributed by atoms with Crippen molar-refractivity contribution < 1.29 is 11.2 Å². The lowest BCUT2D eigenvalue weighted by molar-refractivity contribution is 0.0234. The molecule has 5 heteroatoms. The predicted molar refractivity (Wildman–Crippen MR) is 147 cm³/mol. The van der Waals surface area contributed by atoms with Crippen LogP contribution in [0.5, 0.6) is 0 Å². The zero-order chi connectivity index (χ0) is 27.7. The maximum atomic E-state index is 13.2. The molecule has 4 rings (SSSR count). The van der Waals surface area contributed by atoms with Crippen molar-refractivity contribution in [3.8, 4) is 0 Å². The largest absolute Gasteiger partial charge is 0.361 e. The summed E-state index contributed by atoms with van der Waals surface area (Å²) in [5, 5.41) is 0.747. The molecule has 1 aliphatic heterocycles. The molecule has 35 heavy (non-hydrogen) atoms. The Morgan fingerprint density at radius 2 is 1.77 bits per heavy atom. The maximum absolute atomic E-state index is 13.2. The summed E-state index contributed by atoms with van der Waals surface area (Å²) < 4.78 is 44.6. The number of benzene rings is 2. The van der Waals surface area contributed by atoms with Gasteiger partial charge in [-0.2, -0.15) is 0 Å². The van der Waals surface area contributed by atoms with E-state index in [1.165, 1.54) is 0 Å². The SMILES string of the molecule is [2H]c1c(C)c(CCS(=O)(=O)c2ccc(C)c(C)c2)c([2H])c2c(C(C)(C)[C@]3(C)N(C)CCC3(C)C)c[nH]c12. The molecule has 3 aromatic rings. The number of sulfone groups is 1. The number of nitrogens with one attached hydrogen (secondary N) is 1. The summed E-state index contributed by atoms with van der Waals surface area (Å²) in [6.45, 7) is 18.2. The van der Waals surface area contributed by atoms with Gasteiger partial charge in [-0.3, -0.25) is 4.90 Å². The topological polar surface area (TPSA) is 53.2 Å². The highest BCUT2D eigenvalue weighted by Crippen LogP contribution is 2.55. The van der Waals surface area contributed by atoms with Crippen molar-refractivity contribution in [2.75, 3.05) is 19.3 Å². The Morgan fingerprint density at radius 3 is 2.37 bits per heavy atom. The first-order chi connectivity index (χ1) is 17.0. The predicted octanol–water partition coefficient (Wildman–Crippen LogP) is 6.51. The minimum atomic E-state index is -3.53. The molecule has 4 nitrogen and oxygen atoms in total. The Kier molecular flexibility index (Phi) is 5.65. The minimum absolute atomic E-state index is 0.0502. The fourth-order valence-electron chi connectivity index (χ4n) is 6.18. The summed E-state index contributed by atoms with van der Waals surface area (Å²) in [4.78, 5) is 6.07. The highest BCUT2D eigenvalue weighted by molar-refractivity contribution is 7.91. The van der Waals surface area contributed by atoms with Crippen LogP contribution in [-0.2, 0) is 21.7 Å². The zero-order valence-corrected chi connectivity index (χ0v) is 23.6. The van der Waals surface area contributed by atoms with Gasteiger partial charge in [0.1, 0.15) is 0 Å². The third-order valence-corrected chi connectivity index (χ3v) is 11.1. The summed E-state index contributed by atoms with van der Waals surface area (Å²) in [6.07, 6.45) is 3.27. The number of H-pyrrole nitrogens is 1. The van der Waals surface area contributed by atoms with Crippen LogP contribution in [0.15, 0.2) is 41.4 Å². The normalized spacial score (nSPS) is 22.0. The van der Waals surface area contributed by atoms with Crippen molar-refractivity contribution in [3.05, 3.63) is 64.3 Å². The number of aromatic amines is 1. The Morgan fingerprint density at radius 1 is 1.09 bits per heavy atom. The van der Waals surface area contributed by atoms with E-state index in [4.69, 9.17) is 1.37 Å². The first-order valence-corrected chi connectivity index (χ1v) is 14.2. The van der Waals surface area contributed by atoms with Crippen molar-refractivity contribution in [2.24, 2.45) is 5.41 Å². The minimum Gasteiger partial charge on any atom is -0.361 e. The van der Waals surface area contributed by atoms with Crippen molar-refractivity contribution in [3.63, 3.8) is 0 Å². The maximum Gasteiger partial charge on any atom is 0.178 e. The number of hydrogen-bond donors (Lipinski definition) is 1. The van der Waals surface area contributed by atoms with Crippen LogP contribution in [0.1, 0.15) is 71.6 Å². The van der Waals surface area contributed by atoms with E-state index in [9.17, 15) is 9.79 Å². The van der Waals surface area contributed by atoms with Crippen LogP contribution < -0.4 is 0 Å². The second kappa shape index (κ2) is 8.48. The van der Waals surface area contributed by atoms with E-state index in [0.717, 1.165) is 35.0 Å². The smallest absolute Gasteiger partial charge is 0.178 e. The van der Waals surface area contributed by atoms with E-state index in [0.29, 0.717) is 33.6 Å². The van der Waals surface area contributed by atoms with Gasteiger partial charge in [-0.1, -0.05) is 33.8 Å². The van der Waals surface area contributed by atoms with Crippen LogP contribution in [0.25, 0.3) is 10.9 Å². The lowest BCUT2D eigenvalue weighted by Gasteiger charge is -2.53. The number of rotatable bonds is 6. The van der Waals surface area contributed by atoms with Gasteiger partial charge in [-0.25, -0.2) is 8.42 Å². The lowest BCUT2D eigenvalue weighted by Crippen LogP contribution is -2.59. The molecule has 0 saturated carbocycles. The van der Waals surface area contributed by atoms with Crippen LogP contribution in [0.2, 0.25) is 0 Å². The van der Waals surface area contributed by atoms with Crippen LogP contribution in [0.3, 0.4) is 0 Å². The summed E-state index contributed by atoms with van der Waals surface area (Å²) in [7, 11) is -1.35. The Hall–Kier alpha value is -2.11. The van der Waals surface area contributed by atoms with Gasteiger partial charge < -0.3 is 4.98 Å². The molecular weight excluding hydrogens is 452 g/mol. The molecule has 1 fully saturated rings. The van der Waals surface area contributed by atoms with Crippen molar-refractivity contribution >= 4 is 20.7 Å². The standard InChI is InChI=1S/C30H42N2O2S/c1-20-10-11-24(16-21(20)2)35(33,34)15-12-23-18-25-26(19-31-27(25)17-22(23)3)29(6,7)30(8)28(4,5)13-14-32(30)9/h10-11,16-19,31H,12-15H2,1-9H3/t30-/m1/s1/i17D,18D. The molecule has 1 atom stereocenters. The molecule has 190 valence electrons. The van der Waals surface area contributed by atoms with Crippen LogP contribution in [0.4, 0.5) is 0 Å². The molecule has 1 N–H and O–H groups in total. The fourth-order valence-corrected chi connectivity index (χ4v) is 7.52. The fraction of sp³-hybridized carbons (Fsp3) is 0.533. The molecule has 1 saturated heterocycles. The summed E-state index contributed by atoms with van der Waals surface area (Å²) in [5.41, 5.74) is 4.53. The van der Waals surface area contributed by atoms with Crippen molar-refractivity contribution in [1.29, 1.82) is 0 Å².